The molecule has 3 heteroatoms. The number of methoxy groups -OCH3 is 1. The first-order chi connectivity index (χ1) is 8.27. The van der Waals surface area contributed by atoms with E-state index in [1.54, 1.807) is 13.2 Å². The van der Waals surface area contributed by atoms with Crippen molar-refractivity contribution in [1.29, 1.82) is 0 Å². The van der Waals surface area contributed by atoms with Gasteiger partial charge in [0.05, 0.1) is 19.3 Å². The molecule has 2 atom stereocenters. The molecule has 0 unspecified atom stereocenters. The van der Waals surface area contributed by atoms with Gasteiger partial charge in [-0.1, -0.05) is 36.4 Å². The zero-order chi connectivity index (χ0) is 12.5. The molecule has 0 saturated heterocycles. The molecule has 0 radical (unpaired) electrons. The summed E-state index contributed by atoms with van der Waals surface area (Å²) in [5.41, 5.74) is 1.09. The Bertz CT molecular complexity index is 311. The molecule has 1 aromatic carbocycles. The van der Waals surface area contributed by atoms with Gasteiger partial charge in [-0.25, -0.2) is 0 Å². The van der Waals surface area contributed by atoms with Gasteiger partial charge in [0.1, 0.15) is 6.10 Å². The van der Waals surface area contributed by atoms with Crippen molar-refractivity contribution < 1.29 is 14.6 Å². The molecule has 0 amide bonds. The van der Waals surface area contributed by atoms with Crippen LogP contribution >= 0.6 is 0 Å². The van der Waals surface area contributed by atoms with Crippen molar-refractivity contribution in [3.8, 4) is 0 Å². The molecule has 0 aliphatic carbocycles. The second-order valence-corrected chi connectivity index (χ2v) is 3.87. The zero-order valence-electron chi connectivity index (χ0n) is 10.2. The smallest absolute Gasteiger partial charge is 0.104 e. The van der Waals surface area contributed by atoms with Crippen LogP contribution in [-0.4, -0.2) is 31.0 Å². The van der Waals surface area contributed by atoms with Crippen molar-refractivity contribution >= 4 is 0 Å². The third kappa shape index (κ3) is 5.13. The molecule has 1 rings (SSSR count). The highest BCUT2D eigenvalue weighted by molar-refractivity contribution is 5.13. The van der Waals surface area contributed by atoms with E-state index in [-0.39, 0.29) is 12.7 Å². The van der Waals surface area contributed by atoms with Crippen molar-refractivity contribution in [2.45, 2.75) is 25.2 Å². The predicted molar refractivity (Wildman–Crippen MR) is 67.7 cm³/mol. The molecule has 0 aliphatic rings. The molecule has 0 saturated carbocycles. The molecule has 0 heterocycles. The minimum absolute atomic E-state index is 0.247. The number of aliphatic hydroxyl groups excluding tert-OH is 1. The predicted octanol–water partition coefficient (Wildman–Crippen LogP) is 2.16. The Kier molecular flexibility index (Phi) is 6.55. The molecular weight excluding hydrogens is 216 g/mol. The average molecular weight is 236 g/mol. The Hall–Kier alpha value is -1.16. The van der Waals surface area contributed by atoms with Crippen LogP contribution in [-0.2, 0) is 16.1 Å². The molecule has 17 heavy (non-hydrogen) atoms. The lowest BCUT2D eigenvalue weighted by atomic mass is 10.1. The number of rotatable bonds is 8. The Morgan fingerprint density at radius 2 is 2.06 bits per heavy atom. The lowest BCUT2D eigenvalue weighted by Crippen LogP contribution is -2.31. The third-order valence-corrected chi connectivity index (χ3v) is 2.53. The summed E-state index contributed by atoms with van der Waals surface area (Å²) in [5, 5.41) is 9.82. The van der Waals surface area contributed by atoms with Gasteiger partial charge < -0.3 is 14.6 Å². The first kappa shape index (κ1) is 13.9. The Labute approximate surface area is 103 Å². The first-order valence-corrected chi connectivity index (χ1v) is 5.71. The fraction of sp³-hybridized carbons (Fsp3) is 0.429. The largest absolute Gasteiger partial charge is 0.388 e. The maximum Gasteiger partial charge on any atom is 0.104 e. The van der Waals surface area contributed by atoms with E-state index >= 15 is 0 Å². The molecule has 0 bridgehead atoms. The normalized spacial score (nSPS) is 14.2. The molecule has 0 spiro atoms. The fourth-order valence-electron chi connectivity index (χ4n) is 1.55. The summed E-state index contributed by atoms with van der Waals surface area (Å²) in [6, 6.07) is 9.87. The Balaban J connectivity index is 2.28. The highest BCUT2D eigenvalue weighted by Gasteiger charge is 2.17. The van der Waals surface area contributed by atoms with Gasteiger partial charge in [-0.15, -0.1) is 6.58 Å². The van der Waals surface area contributed by atoms with Crippen molar-refractivity contribution in [2.75, 3.05) is 13.7 Å². The minimum atomic E-state index is -0.623. The molecule has 0 fully saturated rings. The van der Waals surface area contributed by atoms with Crippen molar-refractivity contribution in [3.63, 3.8) is 0 Å². The van der Waals surface area contributed by atoms with Gasteiger partial charge in [-0.05, 0) is 12.0 Å². The molecule has 0 aliphatic heterocycles. The third-order valence-electron chi connectivity index (χ3n) is 2.53. The average Bonchev–Trinajstić information content (AvgIpc) is 2.37. The number of benzene rings is 1. The summed E-state index contributed by atoms with van der Waals surface area (Å²) in [4.78, 5) is 0. The lowest BCUT2D eigenvalue weighted by Gasteiger charge is -2.20. The second-order valence-electron chi connectivity index (χ2n) is 3.87. The van der Waals surface area contributed by atoms with Gasteiger partial charge in [0.2, 0.25) is 0 Å². The molecule has 3 nitrogen and oxygen atoms in total. The van der Waals surface area contributed by atoms with E-state index in [4.69, 9.17) is 9.47 Å². The van der Waals surface area contributed by atoms with E-state index in [0.717, 1.165) is 5.56 Å². The topological polar surface area (TPSA) is 38.7 Å². The number of hydrogen-bond donors (Lipinski definition) is 1. The SMILES string of the molecule is C=CC[C@H](OC)[C@H](O)COCc1ccccc1. The van der Waals surface area contributed by atoms with Crippen LogP contribution in [0.25, 0.3) is 0 Å². The molecule has 94 valence electrons. The van der Waals surface area contributed by atoms with Crippen LogP contribution in [0, 0.1) is 0 Å². The van der Waals surface area contributed by atoms with Crippen LogP contribution in [0.2, 0.25) is 0 Å². The number of ether oxygens (including phenoxy) is 2. The summed E-state index contributed by atoms with van der Waals surface area (Å²) >= 11 is 0. The second kappa shape index (κ2) is 8.01. The highest BCUT2D eigenvalue weighted by Crippen LogP contribution is 2.07. The maximum absolute atomic E-state index is 9.82. The zero-order valence-corrected chi connectivity index (χ0v) is 10.2. The van der Waals surface area contributed by atoms with Gasteiger partial charge in [-0.3, -0.25) is 0 Å². The summed E-state index contributed by atoms with van der Waals surface area (Å²) < 4.78 is 10.6. The lowest BCUT2D eigenvalue weighted by molar-refractivity contribution is -0.0575. The van der Waals surface area contributed by atoms with Gasteiger partial charge in [0.25, 0.3) is 0 Å². The summed E-state index contributed by atoms with van der Waals surface area (Å²) in [7, 11) is 1.58. The summed E-state index contributed by atoms with van der Waals surface area (Å²) in [6.07, 6.45) is 1.48. The van der Waals surface area contributed by atoms with E-state index in [9.17, 15) is 5.11 Å². The van der Waals surface area contributed by atoms with Crippen LogP contribution in [0.15, 0.2) is 43.0 Å². The van der Waals surface area contributed by atoms with E-state index < -0.39 is 6.10 Å². The van der Waals surface area contributed by atoms with E-state index in [1.165, 1.54) is 0 Å². The van der Waals surface area contributed by atoms with Crippen LogP contribution < -0.4 is 0 Å². The number of hydrogen-bond acceptors (Lipinski definition) is 3. The molecule has 1 N–H and O–H groups in total. The summed E-state index contributed by atoms with van der Waals surface area (Å²) in [6.45, 7) is 4.39. The quantitative estimate of drug-likeness (QED) is 0.703. The maximum atomic E-state index is 9.82. The van der Waals surface area contributed by atoms with Gasteiger partial charge in [0.15, 0.2) is 0 Å². The van der Waals surface area contributed by atoms with E-state index in [2.05, 4.69) is 6.58 Å². The van der Waals surface area contributed by atoms with E-state index in [0.29, 0.717) is 13.0 Å². The van der Waals surface area contributed by atoms with Crippen LogP contribution in [0.3, 0.4) is 0 Å². The van der Waals surface area contributed by atoms with Crippen molar-refractivity contribution in [1.82, 2.24) is 0 Å². The van der Waals surface area contributed by atoms with Gasteiger partial charge in [-0.2, -0.15) is 0 Å². The highest BCUT2D eigenvalue weighted by atomic mass is 16.5. The number of aliphatic hydroxyl groups is 1. The molecule has 1 aromatic rings. The van der Waals surface area contributed by atoms with Crippen LogP contribution in [0.5, 0.6) is 0 Å². The van der Waals surface area contributed by atoms with Crippen molar-refractivity contribution in [3.05, 3.63) is 48.6 Å². The monoisotopic (exact) mass is 236 g/mol. The molecular formula is C14H20O3. The van der Waals surface area contributed by atoms with Crippen molar-refractivity contribution in [2.24, 2.45) is 0 Å². The van der Waals surface area contributed by atoms with Gasteiger partial charge in [0, 0.05) is 7.11 Å². The minimum Gasteiger partial charge on any atom is -0.388 e. The van der Waals surface area contributed by atoms with Crippen LogP contribution in [0.4, 0.5) is 0 Å². The van der Waals surface area contributed by atoms with Crippen LogP contribution in [0.1, 0.15) is 12.0 Å². The molecule has 0 aromatic heterocycles. The first-order valence-electron chi connectivity index (χ1n) is 5.71. The van der Waals surface area contributed by atoms with E-state index in [1.807, 2.05) is 30.3 Å². The fourth-order valence-corrected chi connectivity index (χ4v) is 1.55. The Morgan fingerprint density at radius 1 is 1.35 bits per heavy atom. The summed E-state index contributed by atoms with van der Waals surface area (Å²) in [5.74, 6) is 0. The standard InChI is InChI=1S/C14H20O3/c1-3-7-14(16-2)13(15)11-17-10-12-8-5-4-6-9-12/h3-6,8-9,13-15H,1,7,10-11H2,2H3/t13-,14+/m1/s1. The van der Waals surface area contributed by atoms with Gasteiger partial charge >= 0.3 is 0 Å². The Morgan fingerprint density at radius 3 is 2.65 bits per heavy atom.